The van der Waals surface area contributed by atoms with Crippen LogP contribution in [0, 0.1) is 5.41 Å². The van der Waals surface area contributed by atoms with Gasteiger partial charge in [0.15, 0.2) is 11.6 Å². The van der Waals surface area contributed by atoms with E-state index in [0.29, 0.717) is 23.3 Å². The normalized spacial score (nSPS) is 16.1. The molecule has 1 rings (SSSR count). The molecule has 1 amide bonds. The highest BCUT2D eigenvalue weighted by molar-refractivity contribution is 6.22. The lowest BCUT2D eigenvalue weighted by Crippen LogP contribution is -2.34. The van der Waals surface area contributed by atoms with E-state index >= 15 is 0 Å². The first-order chi connectivity index (χ1) is 9.70. The molecule has 0 aromatic heterocycles. The van der Waals surface area contributed by atoms with Gasteiger partial charge in [0.1, 0.15) is 0 Å². The SMILES string of the molecule is CCCCNC(=O)CC(C)(C)C1=C(C)C(=O)C(C)=CC1=O. The van der Waals surface area contributed by atoms with Gasteiger partial charge in [0.25, 0.3) is 0 Å². The van der Waals surface area contributed by atoms with Crippen LogP contribution >= 0.6 is 0 Å². The summed E-state index contributed by atoms with van der Waals surface area (Å²) in [5, 5.41) is 2.86. The van der Waals surface area contributed by atoms with Crippen molar-refractivity contribution in [1.29, 1.82) is 0 Å². The van der Waals surface area contributed by atoms with E-state index in [0.717, 1.165) is 12.8 Å². The van der Waals surface area contributed by atoms with Crippen LogP contribution in [0.5, 0.6) is 0 Å². The zero-order valence-corrected chi connectivity index (χ0v) is 13.6. The third-order valence-corrected chi connectivity index (χ3v) is 3.80. The molecule has 21 heavy (non-hydrogen) atoms. The smallest absolute Gasteiger partial charge is 0.220 e. The molecule has 0 fully saturated rings. The number of hydrogen-bond donors (Lipinski definition) is 1. The molecule has 0 bridgehead atoms. The summed E-state index contributed by atoms with van der Waals surface area (Å²) in [4.78, 5) is 36.3. The first-order valence-corrected chi connectivity index (χ1v) is 7.46. The fourth-order valence-electron chi connectivity index (χ4n) is 2.73. The van der Waals surface area contributed by atoms with Gasteiger partial charge in [0.2, 0.25) is 5.91 Å². The van der Waals surface area contributed by atoms with Crippen LogP contribution in [0.15, 0.2) is 22.8 Å². The number of unbranched alkanes of at least 4 members (excludes halogenated alkanes) is 1. The van der Waals surface area contributed by atoms with Gasteiger partial charge in [-0.05, 0) is 26.3 Å². The van der Waals surface area contributed by atoms with Crippen LogP contribution in [0.4, 0.5) is 0 Å². The summed E-state index contributed by atoms with van der Waals surface area (Å²) in [7, 11) is 0. The van der Waals surface area contributed by atoms with E-state index in [9.17, 15) is 14.4 Å². The average molecular weight is 291 g/mol. The molecule has 0 atom stereocenters. The van der Waals surface area contributed by atoms with Crippen LogP contribution in [0.3, 0.4) is 0 Å². The van der Waals surface area contributed by atoms with Crippen molar-refractivity contribution < 1.29 is 14.4 Å². The van der Waals surface area contributed by atoms with Crippen LogP contribution in [0.25, 0.3) is 0 Å². The number of amides is 1. The van der Waals surface area contributed by atoms with Crippen LogP contribution in [-0.2, 0) is 14.4 Å². The Bertz CT molecular complexity index is 524. The molecule has 1 aliphatic carbocycles. The molecule has 116 valence electrons. The second kappa shape index (κ2) is 6.83. The molecule has 0 spiro atoms. The zero-order chi connectivity index (χ0) is 16.2. The number of Topliss-reactive ketones (excluding diaryl/α,β-unsaturated/α-hetero) is 1. The maximum atomic E-state index is 12.2. The number of carbonyl (C=O) groups is 3. The Kier molecular flexibility index (Phi) is 5.64. The van der Waals surface area contributed by atoms with Crippen molar-refractivity contribution in [2.24, 2.45) is 5.41 Å². The van der Waals surface area contributed by atoms with Crippen LogP contribution in [0.2, 0.25) is 0 Å². The zero-order valence-electron chi connectivity index (χ0n) is 13.6. The summed E-state index contributed by atoms with van der Waals surface area (Å²) < 4.78 is 0. The Labute approximate surface area is 126 Å². The van der Waals surface area contributed by atoms with E-state index in [-0.39, 0.29) is 23.9 Å². The number of rotatable bonds is 6. The van der Waals surface area contributed by atoms with Gasteiger partial charge in [0.05, 0.1) is 0 Å². The van der Waals surface area contributed by atoms with E-state index < -0.39 is 5.41 Å². The van der Waals surface area contributed by atoms with Crippen LogP contribution < -0.4 is 5.32 Å². The van der Waals surface area contributed by atoms with Gasteiger partial charge >= 0.3 is 0 Å². The Morgan fingerprint density at radius 1 is 1.24 bits per heavy atom. The molecule has 0 unspecified atom stereocenters. The molecule has 4 nitrogen and oxygen atoms in total. The first kappa shape index (κ1) is 17.3. The van der Waals surface area contributed by atoms with Crippen LogP contribution in [-0.4, -0.2) is 24.0 Å². The third-order valence-electron chi connectivity index (χ3n) is 3.80. The maximum Gasteiger partial charge on any atom is 0.220 e. The summed E-state index contributed by atoms with van der Waals surface area (Å²) in [6.07, 6.45) is 3.54. The highest BCUT2D eigenvalue weighted by Crippen LogP contribution is 2.36. The highest BCUT2D eigenvalue weighted by atomic mass is 16.2. The minimum Gasteiger partial charge on any atom is -0.356 e. The molecular weight excluding hydrogens is 266 g/mol. The summed E-state index contributed by atoms with van der Waals surface area (Å²) >= 11 is 0. The van der Waals surface area contributed by atoms with Crippen molar-refractivity contribution in [3.8, 4) is 0 Å². The fraction of sp³-hybridized carbons (Fsp3) is 0.588. The molecule has 0 aromatic carbocycles. The molecule has 4 heteroatoms. The summed E-state index contributed by atoms with van der Waals surface area (Å²) in [6, 6.07) is 0. The molecule has 0 aromatic rings. The number of allylic oxidation sites excluding steroid dienone is 4. The Morgan fingerprint density at radius 2 is 1.86 bits per heavy atom. The standard InChI is InChI=1S/C17H25NO3/c1-6-7-8-18-14(20)10-17(4,5)15-12(3)16(21)11(2)9-13(15)19/h9H,6-8,10H2,1-5H3,(H,18,20). The lowest BCUT2D eigenvalue weighted by molar-refractivity contribution is -0.123. The molecular formula is C17H25NO3. The Morgan fingerprint density at radius 3 is 2.43 bits per heavy atom. The van der Waals surface area contributed by atoms with Gasteiger partial charge in [-0.25, -0.2) is 0 Å². The van der Waals surface area contributed by atoms with Crippen molar-refractivity contribution >= 4 is 17.5 Å². The van der Waals surface area contributed by atoms with Gasteiger partial charge in [-0.1, -0.05) is 27.2 Å². The maximum absolute atomic E-state index is 12.2. The number of hydrogen-bond acceptors (Lipinski definition) is 3. The topological polar surface area (TPSA) is 63.2 Å². The predicted molar refractivity (Wildman–Crippen MR) is 82.8 cm³/mol. The number of nitrogens with one attached hydrogen (secondary N) is 1. The van der Waals surface area contributed by atoms with Crippen molar-refractivity contribution in [3.05, 3.63) is 22.8 Å². The second-order valence-corrected chi connectivity index (χ2v) is 6.28. The minimum atomic E-state index is -0.648. The largest absolute Gasteiger partial charge is 0.356 e. The number of carbonyl (C=O) groups excluding carboxylic acids is 3. The molecule has 1 aliphatic rings. The van der Waals surface area contributed by atoms with E-state index in [1.54, 1.807) is 13.8 Å². The van der Waals surface area contributed by atoms with Crippen molar-refractivity contribution in [3.63, 3.8) is 0 Å². The van der Waals surface area contributed by atoms with E-state index in [1.165, 1.54) is 6.08 Å². The fourth-order valence-corrected chi connectivity index (χ4v) is 2.73. The minimum absolute atomic E-state index is 0.0831. The van der Waals surface area contributed by atoms with Crippen molar-refractivity contribution in [2.45, 2.75) is 53.9 Å². The van der Waals surface area contributed by atoms with Crippen molar-refractivity contribution in [1.82, 2.24) is 5.32 Å². The van der Waals surface area contributed by atoms with Gasteiger partial charge in [0, 0.05) is 35.1 Å². The third kappa shape index (κ3) is 4.13. The average Bonchev–Trinajstić information content (AvgIpc) is 2.35. The monoisotopic (exact) mass is 291 g/mol. The van der Waals surface area contributed by atoms with Crippen molar-refractivity contribution in [2.75, 3.05) is 6.54 Å². The van der Waals surface area contributed by atoms with Crippen LogP contribution in [0.1, 0.15) is 53.9 Å². The summed E-state index contributed by atoms with van der Waals surface area (Å²) in [6.45, 7) is 9.70. The van der Waals surface area contributed by atoms with E-state index in [2.05, 4.69) is 12.2 Å². The van der Waals surface area contributed by atoms with Gasteiger partial charge < -0.3 is 5.32 Å². The lowest BCUT2D eigenvalue weighted by Gasteiger charge is -2.29. The Hall–Kier alpha value is -1.71. The lowest BCUT2D eigenvalue weighted by atomic mass is 9.73. The molecule has 0 radical (unpaired) electrons. The first-order valence-electron chi connectivity index (χ1n) is 7.46. The predicted octanol–water partition coefficient (Wildman–Crippen LogP) is 2.73. The summed E-state index contributed by atoms with van der Waals surface area (Å²) in [5.74, 6) is -0.347. The van der Waals surface area contributed by atoms with Gasteiger partial charge in [-0.2, -0.15) is 0 Å². The molecule has 0 aliphatic heterocycles. The van der Waals surface area contributed by atoms with E-state index in [4.69, 9.17) is 0 Å². The Balaban J connectivity index is 2.89. The number of ketones is 2. The van der Waals surface area contributed by atoms with Gasteiger partial charge in [-0.3, -0.25) is 14.4 Å². The molecule has 0 saturated carbocycles. The molecule has 1 N–H and O–H groups in total. The second-order valence-electron chi connectivity index (χ2n) is 6.28. The van der Waals surface area contributed by atoms with E-state index in [1.807, 2.05) is 13.8 Å². The summed E-state index contributed by atoms with van der Waals surface area (Å²) in [5.41, 5.74) is 0.740. The highest BCUT2D eigenvalue weighted by Gasteiger charge is 2.35. The molecule has 0 saturated heterocycles. The van der Waals surface area contributed by atoms with Gasteiger partial charge in [-0.15, -0.1) is 0 Å². The molecule has 0 heterocycles. The quantitative estimate of drug-likeness (QED) is 0.604.